The molecule has 1 unspecified atom stereocenters. The molecule has 9 heavy (non-hydrogen) atoms. The average molecular weight is 142 g/mol. The van der Waals surface area contributed by atoms with Crippen LogP contribution in [0, 0.1) is 0 Å². The van der Waals surface area contributed by atoms with Crippen molar-refractivity contribution in [3.63, 3.8) is 0 Å². The molecule has 1 atom stereocenters. The van der Waals surface area contributed by atoms with E-state index in [0.29, 0.717) is 0 Å². The molecule has 0 aromatic rings. The van der Waals surface area contributed by atoms with E-state index in [4.69, 9.17) is 9.84 Å². The van der Waals surface area contributed by atoms with Crippen molar-refractivity contribution in [3.05, 3.63) is 0 Å². The summed E-state index contributed by atoms with van der Waals surface area (Å²) in [5.74, 6) is 0. The summed E-state index contributed by atoms with van der Waals surface area (Å²) in [7, 11) is 0. The second-order valence-electron chi connectivity index (χ2n) is 1.82. The Kier molecular flexibility index (Phi) is 9.75. The van der Waals surface area contributed by atoms with Crippen LogP contribution in [0.1, 0.15) is 12.8 Å². The van der Waals surface area contributed by atoms with E-state index in [-0.39, 0.29) is 47.7 Å². The van der Waals surface area contributed by atoms with Gasteiger partial charge >= 0.3 is 29.6 Å². The molecule has 0 radical (unpaired) electrons. The van der Waals surface area contributed by atoms with E-state index in [1.807, 2.05) is 0 Å². The van der Waals surface area contributed by atoms with Crippen LogP contribution in [0.2, 0.25) is 0 Å². The first-order valence-electron chi connectivity index (χ1n) is 2.66. The molecule has 1 rings (SSSR count). The Morgan fingerprint density at radius 2 is 2.22 bits per heavy atom. The summed E-state index contributed by atoms with van der Waals surface area (Å²) in [6.45, 7) is 1.03. The van der Waals surface area contributed by atoms with Gasteiger partial charge in [0.15, 0.2) is 0 Å². The van der Waals surface area contributed by atoms with E-state index in [1.54, 1.807) is 0 Å². The molecular weight excluding hydrogens is 131 g/mol. The first kappa shape index (κ1) is 12.5. The molecule has 1 saturated heterocycles. The molecule has 2 N–H and O–H groups in total. The molecular formula is C5H11NaO3. The quantitative estimate of drug-likeness (QED) is 0.396. The van der Waals surface area contributed by atoms with Crippen LogP contribution in [0.4, 0.5) is 0 Å². The fourth-order valence-electron chi connectivity index (χ4n) is 0.788. The third-order valence-corrected chi connectivity index (χ3v) is 1.23. The molecule has 1 aliphatic heterocycles. The molecule has 4 heteroatoms. The van der Waals surface area contributed by atoms with E-state index in [2.05, 4.69) is 0 Å². The molecule has 50 valence electrons. The van der Waals surface area contributed by atoms with Gasteiger partial charge in [-0.3, -0.25) is 0 Å². The Morgan fingerprint density at radius 3 is 2.44 bits per heavy atom. The Bertz CT molecular complexity index is 54.2. The van der Waals surface area contributed by atoms with E-state index >= 15 is 0 Å². The molecule has 0 bridgehead atoms. The van der Waals surface area contributed by atoms with Gasteiger partial charge in [0.25, 0.3) is 0 Å². The number of hydrogen-bond donors (Lipinski definition) is 1. The zero-order chi connectivity index (χ0) is 5.11. The summed E-state index contributed by atoms with van der Waals surface area (Å²) in [6, 6.07) is 0. The Morgan fingerprint density at radius 1 is 1.56 bits per heavy atom. The van der Waals surface area contributed by atoms with Crippen LogP contribution in [0.3, 0.4) is 0 Å². The van der Waals surface area contributed by atoms with Crippen LogP contribution in [-0.4, -0.2) is 29.9 Å². The minimum absolute atomic E-state index is 0. The third kappa shape index (κ3) is 4.31. The topological polar surface area (TPSA) is 59.5 Å². The second-order valence-corrected chi connectivity index (χ2v) is 1.82. The van der Waals surface area contributed by atoms with Crippen molar-refractivity contribution in [3.8, 4) is 0 Å². The predicted octanol–water partition coefficient (Wildman–Crippen LogP) is -3.02. The summed E-state index contributed by atoms with van der Waals surface area (Å²) >= 11 is 0. The van der Waals surface area contributed by atoms with Crippen LogP contribution < -0.4 is 29.6 Å². The fraction of sp³-hybridized carbons (Fsp3) is 1.00. The van der Waals surface area contributed by atoms with Crippen LogP contribution in [0.15, 0.2) is 0 Å². The van der Waals surface area contributed by atoms with Gasteiger partial charge < -0.3 is 15.3 Å². The van der Waals surface area contributed by atoms with Crippen LogP contribution >= 0.6 is 0 Å². The number of ether oxygens (including phenoxy) is 1. The predicted molar refractivity (Wildman–Crippen MR) is 28.0 cm³/mol. The van der Waals surface area contributed by atoms with E-state index in [0.717, 1.165) is 19.4 Å². The summed E-state index contributed by atoms with van der Waals surface area (Å²) in [6.07, 6.45) is 2.31. The van der Waals surface area contributed by atoms with Gasteiger partial charge in [-0.2, -0.15) is 0 Å². The molecule has 1 fully saturated rings. The maximum absolute atomic E-state index is 8.44. The summed E-state index contributed by atoms with van der Waals surface area (Å²) in [4.78, 5) is 0. The van der Waals surface area contributed by atoms with E-state index < -0.39 is 0 Å². The molecule has 0 spiro atoms. The summed E-state index contributed by atoms with van der Waals surface area (Å²) in [5, 5.41) is 8.44. The van der Waals surface area contributed by atoms with Gasteiger partial charge in [-0.15, -0.1) is 0 Å². The van der Waals surface area contributed by atoms with Crippen molar-refractivity contribution < 1.29 is 44.9 Å². The molecule has 1 heterocycles. The van der Waals surface area contributed by atoms with Crippen LogP contribution in [-0.2, 0) is 4.74 Å². The monoisotopic (exact) mass is 142 g/mol. The first-order chi connectivity index (χ1) is 3.43. The Balaban J connectivity index is 0. The minimum atomic E-state index is 0. The minimum Gasteiger partial charge on any atom is -0.870 e. The van der Waals surface area contributed by atoms with Crippen molar-refractivity contribution >= 4 is 0 Å². The van der Waals surface area contributed by atoms with Crippen molar-refractivity contribution in [2.45, 2.75) is 18.9 Å². The number of aliphatic hydroxyl groups excluding tert-OH is 1. The zero-order valence-corrected chi connectivity index (χ0v) is 7.71. The normalized spacial score (nSPS) is 24.3. The maximum Gasteiger partial charge on any atom is 1.00 e. The number of aliphatic hydroxyl groups is 1. The van der Waals surface area contributed by atoms with Gasteiger partial charge in [-0.25, -0.2) is 0 Å². The number of hydrogen-bond acceptors (Lipinski definition) is 3. The van der Waals surface area contributed by atoms with E-state index in [9.17, 15) is 0 Å². The Hall–Kier alpha value is 0.880. The first-order valence-corrected chi connectivity index (χ1v) is 2.66. The largest absolute Gasteiger partial charge is 1.00 e. The molecule has 1 aliphatic rings. The van der Waals surface area contributed by atoms with Gasteiger partial charge in [0.2, 0.25) is 0 Å². The second kappa shape index (κ2) is 6.99. The van der Waals surface area contributed by atoms with Gasteiger partial charge in [-0.1, -0.05) is 0 Å². The SMILES string of the molecule is OCC1CCCO1.[Na+].[OH-]. The van der Waals surface area contributed by atoms with Gasteiger partial charge in [-0.05, 0) is 12.8 Å². The van der Waals surface area contributed by atoms with Gasteiger partial charge in [0.05, 0.1) is 12.7 Å². The standard InChI is InChI=1S/C5H10O2.Na.H2O/c6-4-5-2-1-3-7-5;;/h5-6H,1-4H2;;1H2/q;+1;/p-1. The van der Waals surface area contributed by atoms with Crippen molar-refractivity contribution in [1.82, 2.24) is 0 Å². The zero-order valence-electron chi connectivity index (χ0n) is 5.71. The van der Waals surface area contributed by atoms with Gasteiger partial charge in [0, 0.05) is 6.61 Å². The average Bonchev–Trinajstić information content (AvgIpc) is 2.14. The third-order valence-electron chi connectivity index (χ3n) is 1.23. The molecule has 0 saturated carbocycles. The van der Waals surface area contributed by atoms with Crippen molar-refractivity contribution in [2.75, 3.05) is 13.2 Å². The van der Waals surface area contributed by atoms with Crippen LogP contribution in [0.5, 0.6) is 0 Å². The summed E-state index contributed by atoms with van der Waals surface area (Å²) in [5.41, 5.74) is 0. The van der Waals surface area contributed by atoms with Gasteiger partial charge in [0.1, 0.15) is 0 Å². The summed E-state index contributed by atoms with van der Waals surface area (Å²) < 4.78 is 5.05. The van der Waals surface area contributed by atoms with Crippen molar-refractivity contribution in [2.24, 2.45) is 0 Å². The van der Waals surface area contributed by atoms with E-state index in [1.165, 1.54) is 0 Å². The Labute approximate surface area is 77.0 Å². The molecule has 0 amide bonds. The fourth-order valence-corrected chi connectivity index (χ4v) is 0.788. The smallest absolute Gasteiger partial charge is 0.870 e. The van der Waals surface area contributed by atoms with Crippen LogP contribution in [0.25, 0.3) is 0 Å². The molecule has 0 aromatic heterocycles. The molecule has 3 nitrogen and oxygen atoms in total. The number of rotatable bonds is 1. The molecule has 0 aromatic carbocycles. The maximum atomic E-state index is 8.44. The van der Waals surface area contributed by atoms with Crippen molar-refractivity contribution in [1.29, 1.82) is 0 Å². The molecule has 0 aliphatic carbocycles.